The van der Waals surface area contributed by atoms with Gasteiger partial charge in [0.2, 0.25) is 5.91 Å². The molecule has 1 aliphatic heterocycles. The van der Waals surface area contributed by atoms with Crippen LogP contribution in [0, 0.1) is 5.92 Å². The van der Waals surface area contributed by atoms with Crippen molar-refractivity contribution in [1.29, 1.82) is 0 Å². The molecule has 25 heavy (non-hydrogen) atoms. The molecule has 1 aromatic heterocycles. The minimum Gasteiger partial charge on any atom is -0.497 e. The van der Waals surface area contributed by atoms with Gasteiger partial charge in [-0.05, 0) is 30.9 Å². The molecule has 0 radical (unpaired) electrons. The number of hydrogen-bond donors (Lipinski definition) is 1. The first-order chi connectivity index (χ1) is 12.0. The van der Waals surface area contributed by atoms with E-state index in [9.17, 15) is 4.79 Å². The molecule has 1 atom stereocenters. The van der Waals surface area contributed by atoms with Crippen molar-refractivity contribution < 1.29 is 9.53 Å². The summed E-state index contributed by atoms with van der Waals surface area (Å²) >= 11 is 3.55. The number of nitrogens with two attached hydrogens (primary N) is 1. The van der Waals surface area contributed by atoms with E-state index in [-0.39, 0.29) is 17.9 Å². The lowest BCUT2D eigenvalue weighted by molar-refractivity contribution is -0.134. The van der Waals surface area contributed by atoms with Crippen LogP contribution in [-0.2, 0) is 4.79 Å². The highest BCUT2D eigenvalue weighted by Gasteiger charge is 2.28. The fraction of sp³-hybridized carbons (Fsp3) is 0.556. The van der Waals surface area contributed by atoms with Crippen molar-refractivity contribution in [2.24, 2.45) is 11.7 Å². The molecule has 2 heterocycles. The fourth-order valence-corrected chi connectivity index (χ4v) is 5.33. The third-order valence-electron chi connectivity index (χ3n) is 4.60. The molecule has 3 rings (SSSR count). The van der Waals surface area contributed by atoms with Crippen LogP contribution in [0.2, 0.25) is 0 Å². The van der Waals surface area contributed by atoms with Gasteiger partial charge in [0, 0.05) is 24.4 Å². The molecule has 0 aliphatic carbocycles. The van der Waals surface area contributed by atoms with Crippen molar-refractivity contribution in [3.05, 3.63) is 18.2 Å². The van der Waals surface area contributed by atoms with E-state index in [1.807, 2.05) is 42.6 Å². The van der Waals surface area contributed by atoms with Gasteiger partial charge in [0.1, 0.15) is 5.75 Å². The van der Waals surface area contributed by atoms with Crippen LogP contribution in [0.25, 0.3) is 10.2 Å². The maximum absolute atomic E-state index is 12.4. The predicted molar refractivity (Wildman–Crippen MR) is 104 cm³/mol. The number of amides is 1. The second-order valence-electron chi connectivity index (χ2n) is 6.73. The molecule has 1 saturated heterocycles. The topological polar surface area (TPSA) is 68.5 Å². The smallest absolute Gasteiger partial charge is 0.239 e. The monoisotopic (exact) mass is 379 g/mol. The van der Waals surface area contributed by atoms with Gasteiger partial charge in [0.25, 0.3) is 0 Å². The Morgan fingerprint density at radius 2 is 2.12 bits per heavy atom. The summed E-state index contributed by atoms with van der Waals surface area (Å²) in [4.78, 5) is 19.0. The number of thiazole rings is 1. The highest BCUT2D eigenvalue weighted by molar-refractivity contribution is 8.01. The lowest BCUT2D eigenvalue weighted by Crippen LogP contribution is -2.49. The number of likely N-dealkylation sites (tertiary alicyclic amines) is 1. The van der Waals surface area contributed by atoms with E-state index in [1.165, 1.54) is 4.70 Å². The second kappa shape index (κ2) is 7.93. The minimum absolute atomic E-state index is 0.0885. The van der Waals surface area contributed by atoms with E-state index in [4.69, 9.17) is 15.5 Å². The van der Waals surface area contributed by atoms with Gasteiger partial charge in [-0.2, -0.15) is 0 Å². The Bertz CT molecular complexity index is 739. The summed E-state index contributed by atoms with van der Waals surface area (Å²) in [6.45, 7) is 5.56. The standard InChI is InChI=1S/C18H25N3O2S2/c1-11(2)16(19)17(22)21-8-6-13(7-9-21)24-18-20-14-10-12(23-3)4-5-15(14)25-18/h4-5,10-11,13,16H,6-9,19H2,1-3H3/t16-/m0/s1. The first-order valence-electron chi connectivity index (χ1n) is 8.63. The van der Waals surface area contributed by atoms with Crippen LogP contribution in [-0.4, -0.2) is 47.3 Å². The number of benzene rings is 1. The molecular formula is C18H25N3O2S2. The molecule has 1 aromatic carbocycles. The quantitative estimate of drug-likeness (QED) is 0.863. The van der Waals surface area contributed by atoms with Crippen molar-refractivity contribution in [3.8, 4) is 5.75 Å². The molecule has 1 aliphatic rings. The summed E-state index contributed by atoms with van der Waals surface area (Å²) in [5.74, 6) is 1.10. The van der Waals surface area contributed by atoms with Crippen LogP contribution in [0.4, 0.5) is 0 Å². The number of nitrogens with zero attached hydrogens (tertiary/aromatic N) is 2. The Morgan fingerprint density at radius 3 is 2.76 bits per heavy atom. The van der Waals surface area contributed by atoms with Gasteiger partial charge in [-0.1, -0.05) is 25.6 Å². The van der Waals surface area contributed by atoms with Crippen LogP contribution in [0.5, 0.6) is 5.75 Å². The third-order valence-corrected chi connectivity index (χ3v) is 7.07. The number of carbonyl (C=O) groups excluding carboxylic acids is 1. The van der Waals surface area contributed by atoms with Gasteiger partial charge in [0.15, 0.2) is 4.34 Å². The average Bonchev–Trinajstić information content (AvgIpc) is 3.02. The van der Waals surface area contributed by atoms with Crippen LogP contribution in [0.1, 0.15) is 26.7 Å². The van der Waals surface area contributed by atoms with E-state index in [0.29, 0.717) is 5.25 Å². The first-order valence-corrected chi connectivity index (χ1v) is 10.3. The number of aromatic nitrogens is 1. The Hall–Kier alpha value is -1.31. The van der Waals surface area contributed by atoms with Gasteiger partial charge in [0.05, 0.1) is 23.4 Å². The molecule has 1 fully saturated rings. The molecule has 0 bridgehead atoms. The zero-order valence-electron chi connectivity index (χ0n) is 14.9. The number of carbonyl (C=O) groups is 1. The lowest BCUT2D eigenvalue weighted by Gasteiger charge is -2.33. The number of methoxy groups -OCH3 is 1. The van der Waals surface area contributed by atoms with E-state index in [1.54, 1.807) is 18.4 Å². The summed E-state index contributed by atoms with van der Waals surface area (Å²) in [5.41, 5.74) is 6.99. The predicted octanol–water partition coefficient (Wildman–Crippen LogP) is 3.37. The van der Waals surface area contributed by atoms with E-state index in [0.717, 1.165) is 41.5 Å². The van der Waals surface area contributed by atoms with Crippen LogP contribution in [0.15, 0.2) is 22.5 Å². The summed E-state index contributed by atoms with van der Waals surface area (Å²) in [5, 5.41) is 0.502. The second-order valence-corrected chi connectivity index (χ2v) is 9.30. The number of rotatable bonds is 5. The average molecular weight is 380 g/mol. The van der Waals surface area contributed by atoms with Gasteiger partial charge in [-0.25, -0.2) is 4.98 Å². The van der Waals surface area contributed by atoms with Crippen molar-refractivity contribution in [1.82, 2.24) is 9.88 Å². The highest BCUT2D eigenvalue weighted by atomic mass is 32.2. The zero-order valence-corrected chi connectivity index (χ0v) is 16.5. The molecule has 0 spiro atoms. The normalized spacial score (nSPS) is 17.2. The molecule has 7 heteroatoms. The minimum atomic E-state index is -0.386. The number of ether oxygens (including phenoxy) is 1. The Balaban J connectivity index is 1.58. The van der Waals surface area contributed by atoms with Crippen LogP contribution < -0.4 is 10.5 Å². The van der Waals surface area contributed by atoms with Crippen molar-refractivity contribution in [3.63, 3.8) is 0 Å². The Labute approximate surface area is 156 Å². The summed E-state index contributed by atoms with van der Waals surface area (Å²) in [6.07, 6.45) is 1.97. The Kier molecular flexibility index (Phi) is 5.86. The number of fused-ring (bicyclic) bond motifs is 1. The highest BCUT2D eigenvalue weighted by Crippen LogP contribution is 2.36. The maximum atomic E-state index is 12.4. The van der Waals surface area contributed by atoms with Crippen molar-refractivity contribution >= 4 is 39.2 Å². The molecule has 2 N–H and O–H groups in total. The van der Waals surface area contributed by atoms with Gasteiger partial charge >= 0.3 is 0 Å². The van der Waals surface area contributed by atoms with Gasteiger partial charge < -0.3 is 15.4 Å². The Morgan fingerprint density at radius 1 is 1.40 bits per heavy atom. The van der Waals surface area contributed by atoms with E-state index >= 15 is 0 Å². The first kappa shape index (κ1) is 18.5. The molecule has 5 nitrogen and oxygen atoms in total. The van der Waals surface area contributed by atoms with E-state index in [2.05, 4.69) is 6.07 Å². The lowest BCUT2D eigenvalue weighted by atomic mass is 10.0. The van der Waals surface area contributed by atoms with Crippen molar-refractivity contribution in [2.45, 2.75) is 42.3 Å². The summed E-state index contributed by atoms with van der Waals surface area (Å²) in [6, 6.07) is 5.62. The zero-order chi connectivity index (χ0) is 18.0. The third kappa shape index (κ3) is 4.27. The molecule has 0 saturated carbocycles. The number of piperidine rings is 1. The van der Waals surface area contributed by atoms with Gasteiger partial charge in [-0.3, -0.25) is 4.79 Å². The summed E-state index contributed by atoms with van der Waals surface area (Å²) < 4.78 is 7.53. The summed E-state index contributed by atoms with van der Waals surface area (Å²) in [7, 11) is 1.67. The molecule has 2 aromatic rings. The SMILES string of the molecule is COc1ccc2sc(SC3CCN(C(=O)[C@@H](N)C(C)C)CC3)nc2c1. The fourth-order valence-electron chi connectivity index (χ4n) is 2.90. The van der Waals surface area contributed by atoms with E-state index < -0.39 is 0 Å². The van der Waals surface area contributed by atoms with Crippen LogP contribution >= 0.6 is 23.1 Å². The molecule has 136 valence electrons. The number of thioether (sulfide) groups is 1. The van der Waals surface area contributed by atoms with Crippen molar-refractivity contribution in [2.75, 3.05) is 20.2 Å². The largest absolute Gasteiger partial charge is 0.497 e. The number of hydrogen-bond acceptors (Lipinski definition) is 6. The van der Waals surface area contributed by atoms with Crippen LogP contribution in [0.3, 0.4) is 0 Å². The van der Waals surface area contributed by atoms with Gasteiger partial charge in [-0.15, -0.1) is 11.3 Å². The molecule has 0 unspecified atom stereocenters. The maximum Gasteiger partial charge on any atom is 0.239 e. The molecule has 1 amide bonds. The molecular weight excluding hydrogens is 354 g/mol.